The van der Waals surface area contributed by atoms with E-state index in [-0.39, 0.29) is 77.8 Å². The molecule has 1 aromatic heterocycles. The number of nitrogens with two attached hydrogens (primary N) is 1. The summed E-state index contributed by atoms with van der Waals surface area (Å²) in [4.78, 5) is 35.1. The van der Waals surface area contributed by atoms with Crippen LogP contribution in [0.5, 0.6) is 23.3 Å². The number of Topliss-reactive ketones (excluding diaryl/α,β-unsaturated/α-hetero) is 1. The first-order chi connectivity index (χ1) is 18.0. The maximum atomic E-state index is 13.5. The molecule has 0 aliphatic carbocycles. The van der Waals surface area contributed by atoms with E-state index >= 15 is 0 Å². The Kier molecular flexibility index (Phi) is 11.1. The van der Waals surface area contributed by atoms with Crippen LogP contribution in [0.1, 0.15) is 74.8 Å². The summed E-state index contributed by atoms with van der Waals surface area (Å²) in [7, 11) is 1.52. The number of primary amides is 1. The third-order valence-electron chi connectivity index (χ3n) is 5.90. The van der Waals surface area contributed by atoms with Crippen molar-refractivity contribution in [1.29, 1.82) is 5.41 Å². The van der Waals surface area contributed by atoms with Crippen LogP contribution in [0.3, 0.4) is 0 Å². The van der Waals surface area contributed by atoms with Gasteiger partial charge in [0.05, 0.1) is 45.7 Å². The van der Waals surface area contributed by atoms with Crippen LogP contribution < -0.4 is 24.7 Å². The van der Waals surface area contributed by atoms with Crippen LogP contribution in [0.2, 0.25) is 0 Å². The SMILES string of the molecule is Br.CCOc1nc2c(nc1OCC)C(=N)N(CC(=O)c1cc(OC)c(OCCCC(N)=O)c(C(C)(C)C)c1)C2. The fourth-order valence-electron chi connectivity index (χ4n) is 4.05. The number of hydrogen-bond acceptors (Lipinski definition) is 9. The van der Waals surface area contributed by atoms with E-state index < -0.39 is 0 Å². The van der Waals surface area contributed by atoms with Gasteiger partial charge in [0.25, 0.3) is 11.8 Å². The number of amidine groups is 1. The summed E-state index contributed by atoms with van der Waals surface area (Å²) in [5.41, 5.74) is 7.03. The molecule has 3 N–H and O–H groups in total. The van der Waals surface area contributed by atoms with Gasteiger partial charge in [0.15, 0.2) is 17.3 Å². The van der Waals surface area contributed by atoms with E-state index in [1.54, 1.807) is 17.0 Å². The highest BCUT2D eigenvalue weighted by Crippen LogP contribution is 2.40. The summed E-state index contributed by atoms with van der Waals surface area (Å²) >= 11 is 0. The molecule has 3 rings (SSSR count). The number of hydrogen-bond donors (Lipinski definition) is 2. The molecule has 0 saturated heterocycles. The van der Waals surface area contributed by atoms with Crippen molar-refractivity contribution < 1.29 is 28.5 Å². The van der Waals surface area contributed by atoms with Gasteiger partial charge in [0.2, 0.25) is 5.91 Å². The van der Waals surface area contributed by atoms with Crippen molar-refractivity contribution in [3.8, 4) is 23.3 Å². The van der Waals surface area contributed by atoms with E-state index in [0.29, 0.717) is 48.1 Å². The molecule has 12 heteroatoms. The number of ether oxygens (including phenoxy) is 4. The van der Waals surface area contributed by atoms with E-state index in [4.69, 9.17) is 30.1 Å². The predicted molar refractivity (Wildman–Crippen MR) is 152 cm³/mol. The lowest BCUT2D eigenvalue weighted by Gasteiger charge is -2.26. The highest BCUT2D eigenvalue weighted by atomic mass is 79.9. The molecule has 1 aliphatic heterocycles. The molecule has 2 heterocycles. The summed E-state index contributed by atoms with van der Waals surface area (Å²) in [6.07, 6.45) is 0.689. The molecule has 0 fully saturated rings. The summed E-state index contributed by atoms with van der Waals surface area (Å²) in [6.45, 7) is 11.0. The van der Waals surface area contributed by atoms with E-state index in [1.807, 2.05) is 34.6 Å². The molecule has 39 heavy (non-hydrogen) atoms. The van der Waals surface area contributed by atoms with Gasteiger partial charge in [-0.3, -0.25) is 15.0 Å². The Morgan fingerprint density at radius 2 is 1.72 bits per heavy atom. The van der Waals surface area contributed by atoms with Crippen LogP contribution in [0.4, 0.5) is 0 Å². The number of carbonyl (C=O) groups is 2. The lowest BCUT2D eigenvalue weighted by molar-refractivity contribution is -0.118. The van der Waals surface area contributed by atoms with Crippen molar-refractivity contribution >= 4 is 34.5 Å². The third kappa shape index (κ3) is 7.59. The zero-order valence-corrected chi connectivity index (χ0v) is 25.1. The highest BCUT2D eigenvalue weighted by molar-refractivity contribution is 8.93. The lowest BCUT2D eigenvalue weighted by atomic mass is 9.84. The number of nitrogens with one attached hydrogen (secondary N) is 1. The first kappa shape index (κ1) is 31.8. The number of nitrogens with zero attached hydrogens (tertiary/aromatic N) is 3. The number of amides is 1. The van der Waals surface area contributed by atoms with Crippen molar-refractivity contribution in [3.05, 3.63) is 34.6 Å². The molecule has 1 amide bonds. The largest absolute Gasteiger partial charge is 0.493 e. The number of rotatable bonds is 13. The zero-order valence-electron chi connectivity index (χ0n) is 23.4. The maximum absolute atomic E-state index is 13.5. The number of ketones is 1. The van der Waals surface area contributed by atoms with Crippen LogP contribution in [0.15, 0.2) is 12.1 Å². The van der Waals surface area contributed by atoms with Gasteiger partial charge >= 0.3 is 0 Å². The Morgan fingerprint density at radius 3 is 2.28 bits per heavy atom. The quantitative estimate of drug-likeness (QED) is 0.256. The molecule has 214 valence electrons. The Hall–Kier alpha value is -3.41. The lowest BCUT2D eigenvalue weighted by Crippen LogP contribution is -2.30. The molecule has 2 aromatic rings. The predicted octanol–water partition coefficient (Wildman–Crippen LogP) is 3.83. The van der Waals surface area contributed by atoms with Gasteiger partial charge in [-0.05, 0) is 37.8 Å². The summed E-state index contributed by atoms with van der Waals surface area (Å²) in [6, 6.07) is 3.45. The second-order valence-electron chi connectivity index (χ2n) is 9.85. The number of benzene rings is 1. The molecule has 0 bridgehead atoms. The molecule has 0 saturated carbocycles. The molecule has 0 unspecified atom stereocenters. The molecule has 0 atom stereocenters. The van der Waals surface area contributed by atoms with Gasteiger partial charge < -0.3 is 29.6 Å². The summed E-state index contributed by atoms with van der Waals surface area (Å²) < 4.78 is 22.7. The number of methoxy groups -OCH3 is 1. The van der Waals surface area contributed by atoms with Crippen LogP contribution in [0, 0.1) is 5.41 Å². The Morgan fingerprint density at radius 1 is 1.08 bits per heavy atom. The second-order valence-corrected chi connectivity index (χ2v) is 9.85. The number of aromatic nitrogens is 2. The standard InChI is InChI=1S/C27H37N5O6.BrH/c1-7-36-25-26(37-8-2)31-22-18(30-25)14-32(24(22)29)15-19(33)16-12-17(27(3,4)5)23(20(13-16)35-6)38-11-9-10-21(28)34;/h12-13,29H,7-11,14-15H2,1-6H3,(H2,28,34);1H. The van der Waals surface area contributed by atoms with Crippen LogP contribution >= 0.6 is 17.0 Å². The molecule has 0 radical (unpaired) electrons. The Labute approximate surface area is 239 Å². The highest BCUT2D eigenvalue weighted by Gasteiger charge is 2.32. The molecule has 1 aliphatic rings. The monoisotopic (exact) mass is 607 g/mol. The minimum absolute atomic E-state index is 0. The van der Waals surface area contributed by atoms with E-state index in [2.05, 4.69) is 9.97 Å². The van der Waals surface area contributed by atoms with E-state index in [9.17, 15) is 9.59 Å². The van der Waals surface area contributed by atoms with Gasteiger partial charge in [-0.25, -0.2) is 9.97 Å². The third-order valence-corrected chi connectivity index (χ3v) is 5.90. The average Bonchev–Trinajstić information content (AvgIpc) is 3.15. The summed E-state index contributed by atoms with van der Waals surface area (Å²) in [5, 5.41) is 8.62. The van der Waals surface area contributed by atoms with Crippen LogP contribution in [-0.4, -0.2) is 65.9 Å². The van der Waals surface area contributed by atoms with Crippen molar-refractivity contribution in [2.45, 2.75) is 59.4 Å². The van der Waals surface area contributed by atoms with Crippen molar-refractivity contribution in [3.63, 3.8) is 0 Å². The second kappa shape index (κ2) is 13.6. The van der Waals surface area contributed by atoms with Crippen molar-refractivity contribution in [2.24, 2.45) is 5.73 Å². The average molecular weight is 609 g/mol. The smallest absolute Gasteiger partial charge is 0.278 e. The number of carbonyl (C=O) groups excluding carboxylic acids is 2. The zero-order chi connectivity index (χ0) is 28.0. The van der Waals surface area contributed by atoms with Gasteiger partial charge in [-0.2, -0.15) is 0 Å². The molecule has 11 nitrogen and oxygen atoms in total. The molecular formula is C27H38BrN5O6. The molecule has 0 spiro atoms. The topological polar surface area (TPSA) is 150 Å². The van der Waals surface area contributed by atoms with Gasteiger partial charge in [0.1, 0.15) is 11.5 Å². The van der Waals surface area contributed by atoms with E-state index in [0.717, 1.165) is 5.56 Å². The van der Waals surface area contributed by atoms with Gasteiger partial charge in [0, 0.05) is 17.5 Å². The molecule has 1 aromatic carbocycles. The maximum Gasteiger partial charge on any atom is 0.278 e. The van der Waals surface area contributed by atoms with Gasteiger partial charge in [-0.15, -0.1) is 17.0 Å². The van der Waals surface area contributed by atoms with Crippen LogP contribution in [0.25, 0.3) is 0 Å². The number of fused-ring (bicyclic) bond motifs is 1. The van der Waals surface area contributed by atoms with Gasteiger partial charge in [-0.1, -0.05) is 20.8 Å². The van der Waals surface area contributed by atoms with Crippen molar-refractivity contribution in [2.75, 3.05) is 33.5 Å². The first-order valence-electron chi connectivity index (χ1n) is 12.7. The van der Waals surface area contributed by atoms with Crippen molar-refractivity contribution in [1.82, 2.24) is 14.9 Å². The fraction of sp³-hybridized carbons (Fsp3) is 0.519. The normalized spacial score (nSPS) is 12.5. The van der Waals surface area contributed by atoms with E-state index in [1.165, 1.54) is 7.11 Å². The minimum atomic E-state index is -0.388. The Bertz CT molecular complexity index is 1210. The minimum Gasteiger partial charge on any atom is -0.493 e. The molecular weight excluding hydrogens is 570 g/mol. The number of halogens is 1. The fourth-order valence-corrected chi connectivity index (χ4v) is 4.05. The Balaban J connectivity index is 0.00000533. The summed E-state index contributed by atoms with van der Waals surface area (Å²) in [5.74, 6) is 0.982. The van der Waals surface area contributed by atoms with Crippen LogP contribution in [-0.2, 0) is 16.8 Å². The first-order valence-corrected chi connectivity index (χ1v) is 12.7.